The lowest BCUT2D eigenvalue weighted by Crippen LogP contribution is -2.46. The summed E-state index contributed by atoms with van der Waals surface area (Å²) in [6, 6.07) is 9.45. The van der Waals surface area contributed by atoms with Crippen LogP contribution in [0.5, 0.6) is 0 Å². The first-order valence-corrected chi connectivity index (χ1v) is 8.94. The fraction of sp³-hybridized carbons (Fsp3) is 0.333. The van der Waals surface area contributed by atoms with Crippen molar-refractivity contribution in [3.8, 4) is 0 Å². The predicted octanol–water partition coefficient (Wildman–Crippen LogP) is 3.24. The van der Waals surface area contributed by atoms with Crippen molar-refractivity contribution in [3.63, 3.8) is 0 Å². The Bertz CT molecular complexity index is 696. The number of halogens is 1. The van der Waals surface area contributed by atoms with Crippen LogP contribution in [0.15, 0.2) is 47.2 Å². The van der Waals surface area contributed by atoms with Crippen molar-refractivity contribution in [3.05, 3.63) is 52.8 Å². The van der Waals surface area contributed by atoms with Crippen molar-refractivity contribution in [1.82, 2.24) is 9.88 Å². The van der Waals surface area contributed by atoms with Gasteiger partial charge in [0.2, 0.25) is 0 Å². The lowest BCUT2D eigenvalue weighted by atomic mass is 10.2. The number of anilines is 2. The highest BCUT2D eigenvalue weighted by Crippen LogP contribution is 2.19. The molecule has 2 aromatic rings. The van der Waals surface area contributed by atoms with Crippen LogP contribution in [-0.2, 0) is 0 Å². The molecule has 0 radical (unpaired) electrons. The third-order valence-electron chi connectivity index (χ3n) is 4.27. The van der Waals surface area contributed by atoms with Crippen molar-refractivity contribution >= 4 is 33.2 Å². The summed E-state index contributed by atoms with van der Waals surface area (Å²) < 4.78 is 0.982. The van der Waals surface area contributed by atoms with Gasteiger partial charge in [0.25, 0.3) is 5.91 Å². The Kier molecular flexibility index (Phi) is 5.48. The second-order valence-electron chi connectivity index (χ2n) is 5.81. The molecule has 0 atom stereocenters. The van der Waals surface area contributed by atoms with E-state index in [1.54, 1.807) is 6.20 Å². The number of amides is 1. The Labute approximate surface area is 150 Å². The molecule has 24 heavy (non-hydrogen) atoms. The van der Waals surface area contributed by atoms with E-state index in [2.05, 4.69) is 43.0 Å². The van der Waals surface area contributed by atoms with Gasteiger partial charge < -0.3 is 15.1 Å². The van der Waals surface area contributed by atoms with E-state index in [9.17, 15) is 4.79 Å². The highest BCUT2D eigenvalue weighted by Gasteiger charge is 2.17. The molecule has 126 valence electrons. The third-order valence-corrected chi connectivity index (χ3v) is 4.80. The first-order valence-electron chi connectivity index (χ1n) is 8.15. The minimum Gasteiger partial charge on any atom is -0.368 e. The summed E-state index contributed by atoms with van der Waals surface area (Å²) in [4.78, 5) is 21.4. The Morgan fingerprint density at radius 1 is 1.17 bits per heavy atom. The molecule has 1 N–H and O–H groups in total. The molecule has 5 nitrogen and oxygen atoms in total. The highest BCUT2D eigenvalue weighted by atomic mass is 79.9. The van der Waals surface area contributed by atoms with Gasteiger partial charge in [-0.1, -0.05) is 22.9 Å². The summed E-state index contributed by atoms with van der Waals surface area (Å²) in [5.74, 6) is -0.140. The third kappa shape index (κ3) is 4.13. The molecule has 6 heteroatoms. The topological polar surface area (TPSA) is 48.5 Å². The Morgan fingerprint density at radius 2 is 1.88 bits per heavy atom. The lowest BCUT2D eigenvalue weighted by Gasteiger charge is -2.35. The molecule has 0 bridgehead atoms. The SMILES string of the molecule is CCN1CCN(c2cncc(C(=O)Nc3ccc(Br)cc3)c2)CC1. The maximum absolute atomic E-state index is 12.4. The van der Waals surface area contributed by atoms with Gasteiger partial charge in [0, 0.05) is 42.5 Å². The summed E-state index contributed by atoms with van der Waals surface area (Å²) in [5.41, 5.74) is 2.35. The number of benzene rings is 1. The molecule has 1 amide bonds. The van der Waals surface area contributed by atoms with Crippen LogP contribution in [-0.4, -0.2) is 48.5 Å². The van der Waals surface area contributed by atoms with E-state index in [1.807, 2.05) is 36.5 Å². The summed E-state index contributed by atoms with van der Waals surface area (Å²) in [7, 11) is 0. The van der Waals surface area contributed by atoms with Crippen molar-refractivity contribution in [2.24, 2.45) is 0 Å². The molecular weight excluding hydrogens is 368 g/mol. The summed E-state index contributed by atoms with van der Waals surface area (Å²) in [6.07, 6.45) is 3.44. The predicted molar refractivity (Wildman–Crippen MR) is 101 cm³/mol. The van der Waals surface area contributed by atoms with Crippen molar-refractivity contribution in [2.75, 3.05) is 42.9 Å². The van der Waals surface area contributed by atoms with Gasteiger partial charge in [-0.25, -0.2) is 0 Å². The van der Waals surface area contributed by atoms with Crippen LogP contribution in [0.3, 0.4) is 0 Å². The fourth-order valence-corrected chi connectivity index (χ4v) is 3.05. The smallest absolute Gasteiger partial charge is 0.257 e. The van der Waals surface area contributed by atoms with Gasteiger partial charge in [-0.2, -0.15) is 0 Å². The minimum atomic E-state index is -0.140. The fourth-order valence-electron chi connectivity index (χ4n) is 2.78. The molecule has 3 rings (SSSR count). The van der Waals surface area contributed by atoms with Gasteiger partial charge in [0.1, 0.15) is 0 Å². The van der Waals surface area contributed by atoms with E-state index in [1.165, 1.54) is 0 Å². The number of nitrogens with zero attached hydrogens (tertiary/aromatic N) is 3. The first-order chi connectivity index (χ1) is 11.7. The zero-order chi connectivity index (χ0) is 16.9. The Balaban J connectivity index is 1.68. The number of nitrogens with one attached hydrogen (secondary N) is 1. The van der Waals surface area contributed by atoms with Gasteiger partial charge in [-0.05, 0) is 36.9 Å². The largest absolute Gasteiger partial charge is 0.368 e. The van der Waals surface area contributed by atoms with Crippen LogP contribution >= 0.6 is 15.9 Å². The number of piperazine rings is 1. The van der Waals surface area contributed by atoms with E-state index in [0.29, 0.717) is 5.56 Å². The number of hydrogen-bond acceptors (Lipinski definition) is 4. The molecule has 1 aromatic carbocycles. The Hall–Kier alpha value is -1.92. The summed E-state index contributed by atoms with van der Waals surface area (Å²) >= 11 is 3.39. The van der Waals surface area contributed by atoms with Gasteiger partial charge in [0.15, 0.2) is 0 Å². The van der Waals surface area contributed by atoms with Gasteiger partial charge in [0.05, 0.1) is 17.4 Å². The quantitative estimate of drug-likeness (QED) is 0.873. The molecule has 1 aromatic heterocycles. The van der Waals surface area contributed by atoms with Crippen molar-refractivity contribution < 1.29 is 4.79 Å². The number of aromatic nitrogens is 1. The molecule has 0 aliphatic carbocycles. The number of hydrogen-bond donors (Lipinski definition) is 1. The van der Waals surface area contributed by atoms with Crippen LogP contribution in [0.4, 0.5) is 11.4 Å². The normalized spacial score (nSPS) is 15.3. The average molecular weight is 389 g/mol. The molecule has 1 aliphatic heterocycles. The van der Waals surface area contributed by atoms with Gasteiger partial charge >= 0.3 is 0 Å². The van der Waals surface area contributed by atoms with Crippen LogP contribution in [0, 0.1) is 0 Å². The van der Waals surface area contributed by atoms with Crippen molar-refractivity contribution in [2.45, 2.75) is 6.92 Å². The van der Waals surface area contributed by atoms with Crippen LogP contribution in [0.25, 0.3) is 0 Å². The highest BCUT2D eigenvalue weighted by molar-refractivity contribution is 9.10. The summed E-state index contributed by atoms with van der Waals surface area (Å²) in [5, 5.41) is 2.91. The van der Waals surface area contributed by atoms with E-state index in [-0.39, 0.29) is 5.91 Å². The maximum atomic E-state index is 12.4. The Morgan fingerprint density at radius 3 is 2.54 bits per heavy atom. The lowest BCUT2D eigenvalue weighted by molar-refractivity contribution is 0.102. The zero-order valence-corrected chi connectivity index (χ0v) is 15.3. The monoisotopic (exact) mass is 388 g/mol. The number of pyridine rings is 1. The number of carbonyl (C=O) groups excluding carboxylic acids is 1. The molecule has 0 spiro atoms. The van der Waals surface area contributed by atoms with Gasteiger partial charge in [-0.15, -0.1) is 0 Å². The van der Waals surface area contributed by atoms with Crippen LogP contribution in [0.1, 0.15) is 17.3 Å². The van der Waals surface area contributed by atoms with E-state index >= 15 is 0 Å². The summed E-state index contributed by atoms with van der Waals surface area (Å²) in [6.45, 7) is 7.30. The second kappa shape index (κ2) is 7.77. The standard InChI is InChI=1S/C18H21BrN4O/c1-2-22-7-9-23(10-8-22)17-11-14(12-20-13-17)18(24)21-16-5-3-15(19)4-6-16/h3-6,11-13H,2,7-10H2,1H3,(H,21,24). The van der Waals surface area contributed by atoms with E-state index in [4.69, 9.17) is 0 Å². The number of carbonyl (C=O) groups is 1. The number of rotatable bonds is 4. The molecule has 0 saturated carbocycles. The van der Waals surface area contributed by atoms with Gasteiger partial charge in [-0.3, -0.25) is 9.78 Å². The van der Waals surface area contributed by atoms with E-state index < -0.39 is 0 Å². The molecule has 1 saturated heterocycles. The average Bonchev–Trinajstić information content (AvgIpc) is 2.64. The van der Waals surface area contributed by atoms with E-state index in [0.717, 1.165) is 48.6 Å². The second-order valence-corrected chi connectivity index (χ2v) is 6.73. The molecule has 2 heterocycles. The molecular formula is C18H21BrN4O. The molecule has 1 fully saturated rings. The molecule has 1 aliphatic rings. The minimum absolute atomic E-state index is 0.140. The van der Waals surface area contributed by atoms with Crippen LogP contribution in [0.2, 0.25) is 0 Å². The molecule has 0 unspecified atom stereocenters. The zero-order valence-electron chi connectivity index (χ0n) is 13.7. The van der Waals surface area contributed by atoms with Crippen molar-refractivity contribution in [1.29, 1.82) is 0 Å². The van der Waals surface area contributed by atoms with Crippen LogP contribution < -0.4 is 10.2 Å². The maximum Gasteiger partial charge on any atom is 0.257 e. The first kappa shape index (κ1) is 16.9. The number of likely N-dealkylation sites (N-methyl/N-ethyl adjacent to an activating group) is 1.